The third-order valence-corrected chi connectivity index (χ3v) is 3.72. The molecule has 3 N–H and O–H groups in total. The molecule has 2 amide bonds. The number of piperidine rings is 1. The van der Waals surface area contributed by atoms with Gasteiger partial charge in [0.1, 0.15) is 0 Å². The van der Waals surface area contributed by atoms with Gasteiger partial charge in [-0.1, -0.05) is 6.92 Å². The van der Waals surface area contributed by atoms with Crippen molar-refractivity contribution in [3.63, 3.8) is 0 Å². The topological polar surface area (TPSA) is 75.4 Å². The van der Waals surface area contributed by atoms with Gasteiger partial charge in [-0.05, 0) is 44.7 Å². The molecule has 104 valence electrons. The SMILES string of the molecule is CCN(CC(N)=O)C(=O)CC(C)C1CCCNC1. The molecule has 5 heteroatoms. The molecule has 2 atom stereocenters. The summed E-state index contributed by atoms with van der Waals surface area (Å²) in [5, 5.41) is 3.37. The number of hydrogen-bond donors (Lipinski definition) is 2. The zero-order valence-corrected chi connectivity index (χ0v) is 11.4. The van der Waals surface area contributed by atoms with Gasteiger partial charge in [0.15, 0.2) is 0 Å². The lowest BCUT2D eigenvalue weighted by atomic mass is 9.85. The molecule has 1 aliphatic heterocycles. The summed E-state index contributed by atoms with van der Waals surface area (Å²) in [6, 6.07) is 0. The van der Waals surface area contributed by atoms with Crippen LogP contribution in [0.15, 0.2) is 0 Å². The lowest BCUT2D eigenvalue weighted by Gasteiger charge is -2.29. The Balaban J connectivity index is 2.43. The molecule has 0 aromatic rings. The number of rotatable bonds is 6. The molecule has 2 unspecified atom stereocenters. The van der Waals surface area contributed by atoms with E-state index >= 15 is 0 Å². The molecule has 0 aromatic heterocycles. The fourth-order valence-electron chi connectivity index (χ4n) is 2.50. The van der Waals surface area contributed by atoms with Gasteiger partial charge in [0.2, 0.25) is 11.8 Å². The van der Waals surface area contributed by atoms with E-state index in [1.165, 1.54) is 17.7 Å². The molecule has 18 heavy (non-hydrogen) atoms. The van der Waals surface area contributed by atoms with Gasteiger partial charge in [-0.15, -0.1) is 0 Å². The number of primary amides is 1. The average Bonchev–Trinajstić information content (AvgIpc) is 2.36. The van der Waals surface area contributed by atoms with E-state index in [0.717, 1.165) is 13.1 Å². The summed E-state index contributed by atoms with van der Waals surface area (Å²) in [4.78, 5) is 24.5. The van der Waals surface area contributed by atoms with E-state index in [1.807, 2.05) is 6.92 Å². The molecule has 1 aliphatic rings. The Morgan fingerprint density at radius 3 is 2.72 bits per heavy atom. The first kappa shape index (κ1) is 15.0. The van der Waals surface area contributed by atoms with Crippen LogP contribution in [0.1, 0.15) is 33.1 Å². The van der Waals surface area contributed by atoms with Crippen LogP contribution >= 0.6 is 0 Å². The van der Waals surface area contributed by atoms with E-state index in [0.29, 0.717) is 24.8 Å². The summed E-state index contributed by atoms with van der Waals surface area (Å²) < 4.78 is 0. The predicted molar refractivity (Wildman–Crippen MR) is 70.8 cm³/mol. The first-order valence-corrected chi connectivity index (χ1v) is 6.81. The van der Waals surface area contributed by atoms with Gasteiger partial charge in [-0.2, -0.15) is 0 Å². The minimum absolute atomic E-state index is 0.0327. The Hall–Kier alpha value is -1.10. The lowest BCUT2D eigenvalue weighted by Crippen LogP contribution is -2.40. The summed E-state index contributed by atoms with van der Waals surface area (Å²) in [6.45, 7) is 6.64. The third-order valence-electron chi connectivity index (χ3n) is 3.72. The number of nitrogens with two attached hydrogens (primary N) is 1. The van der Waals surface area contributed by atoms with E-state index in [9.17, 15) is 9.59 Å². The van der Waals surface area contributed by atoms with Gasteiger partial charge in [-0.3, -0.25) is 9.59 Å². The predicted octanol–water partition coefficient (Wildman–Crippen LogP) is 0.346. The van der Waals surface area contributed by atoms with E-state index in [2.05, 4.69) is 12.2 Å². The maximum Gasteiger partial charge on any atom is 0.237 e. The standard InChI is InChI=1S/C13H25N3O2/c1-3-16(9-12(14)17)13(18)7-10(2)11-5-4-6-15-8-11/h10-11,15H,3-9H2,1-2H3,(H2,14,17). The monoisotopic (exact) mass is 255 g/mol. The van der Waals surface area contributed by atoms with E-state index in [4.69, 9.17) is 5.73 Å². The van der Waals surface area contributed by atoms with Crippen LogP contribution in [0, 0.1) is 11.8 Å². The van der Waals surface area contributed by atoms with E-state index < -0.39 is 5.91 Å². The van der Waals surface area contributed by atoms with Gasteiger partial charge >= 0.3 is 0 Å². The highest BCUT2D eigenvalue weighted by atomic mass is 16.2. The number of hydrogen-bond acceptors (Lipinski definition) is 3. The highest BCUT2D eigenvalue weighted by Gasteiger charge is 2.24. The highest BCUT2D eigenvalue weighted by molar-refractivity contribution is 5.83. The summed E-state index contributed by atoms with van der Waals surface area (Å²) in [7, 11) is 0. The second kappa shape index (κ2) is 7.36. The summed E-state index contributed by atoms with van der Waals surface area (Å²) in [5.74, 6) is 0.508. The minimum Gasteiger partial charge on any atom is -0.368 e. The Morgan fingerprint density at radius 1 is 1.50 bits per heavy atom. The molecular formula is C13H25N3O2. The molecule has 1 heterocycles. The Kier molecular flexibility index (Phi) is 6.12. The van der Waals surface area contributed by atoms with Crippen molar-refractivity contribution < 1.29 is 9.59 Å². The molecule has 0 radical (unpaired) electrons. The van der Waals surface area contributed by atoms with Crippen LogP contribution in [0.4, 0.5) is 0 Å². The van der Waals surface area contributed by atoms with Crippen molar-refractivity contribution in [1.82, 2.24) is 10.2 Å². The molecule has 0 aliphatic carbocycles. The van der Waals surface area contributed by atoms with E-state index in [1.54, 1.807) is 0 Å². The van der Waals surface area contributed by atoms with Crippen molar-refractivity contribution in [3.8, 4) is 0 Å². The van der Waals surface area contributed by atoms with Crippen LogP contribution in [0.2, 0.25) is 0 Å². The van der Waals surface area contributed by atoms with Crippen LogP contribution < -0.4 is 11.1 Å². The van der Waals surface area contributed by atoms with Crippen LogP contribution in [0.25, 0.3) is 0 Å². The fourth-order valence-corrected chi connectivity index (χ4v) is 2.50. The lowest BCUT2D eigenvalue weighted by molar-refractivity contribution is -0.136. The van der Waals surface area contributed by atoms with Crippen LogP contribution in [-0.2, 0) is 9.59 Å². The first-order valence-electron chi connectivity index (χ1n) is 6.81. The van der Waals surface area contributed by atoms with Crippen LogP contribution in [-0.4, -0.2) is 42.9 Å². The second-order valence-electron chi connectivity index (χ2n) is 5.16. The molecule has 1 rings (SSSR count). The number of nitrogens with zero attached hydrogens (tertiary/aromatic N) is 1. The molecule has 0 aromatic carbocycles. The zero-order chi connectivity index (χ0) is 13.5. The minimum atomic E-state index is -0.447. The molecule has 5 nitrogen and oxygen atoms in total. The summed E-state index contributed by atoms with van der Waals surface area (Å²) >= 11 is 0. The fraction of sp³-hybridized carbons (Fsp3) is 0.846. The van der Waals surface area contributed by atoms with E-state index in [-0.39, 0.29) is 12.5 Å². The average molecular weight is 255 g/mol. The smallest absolute Gasteiger partial charge is 0.237 e. The van der Waals surface area contributed by atoms with Crippen molar-refractivity contribution in [3.05, 3.63) is 0 Å². The highest BCUT2D eigenvalue weighted by Crippen LogP contribution is 2.23. The van der Waals surface area contributed by atoms with Gasteiger partial charge in [-0.25, -0.2) is 0 Å². The van der Waals surface area contributed by atoms with Crippen LogP contribution in [0.5, 0.6) is 0 Å². The van der Waals surface area contributed by atoms with Crippen molar-refractivity contribution >= 4 is 11.8 Å². The normalized spacial score (nSPS) is 21.3. The molecule has 1 fully saturated rings. The first-order chi connectivity index (χ1) is 8.54. The Labute approximate surface area is 109 Å². The van der Waals surface area contributed by atoms with Crippen LogP contribution in [0.3, 0.4) is 0 Å². The quantitative estimate of drug-likeness (QED) is 0.719. The molecular weight excluding hydrogens is 230 g/mol. The molecule has 1 saturated heterocycles. The zero-order valence-electron chi connectivity index (χ0n) is 11.4. The largest absolute Gasteiger partial charge is 0.368 e. The number of nitrogens with one attached hydrogen (secondary N) is 1. The van der Waals surface area contributed by atoms with Gasteiger partial charge < -0.3 is 16.0 Å². The number of carbonyl (C=O) groups is 2. The van der Waals surface area contributed by atoms with Crippen molar-refractivity contribution in [2.45, 2.75) is 33.1 Å². The van der Waals surface area contributed by atoms with Gasteiger partial charge in [0.05, 0.1) is 6.54 Å². The summed E-state index contributed by atoms with van der Waals surface area (Å²) in [5.41, 5.74) is 5.14. The molecule has 0 bridgehead atoms. The maximum atomic E-state index is 12.1. The number of amides is 2. The molecule has 0 saturated carbocycles. The van der Waals surface area contributed by atoms with Crippen molar-refractivity contribution in [2.24, 2.45) is 17.6 Å². The van der Waals surface area contributed by atoms with Gasteiger partial charge in [0, 0.05) is 13.0 Å². The van der Waals surface area contributed by atoms with Crippen molar-refractivity contribution in [1.29, 1.82) is 0 Å². The Morgan fingerprint density at radius 2 is 2.22 bits per heavy atom. The third kappa shape index (κ3) is 4.64. The number of carbonyl (C=O) groups excluding carboxylic acids is 2. The maximum absolute atomic E-state index is 12.1. The molecule has 0 spiro atoms. The van der Waals surface area contributed by atoms with Crippen molar-refractivity contribution in [2.75, 3.05) is 26.2 Å². The second-order valence-corrected chi connectivity index (χ2v) is 5.16. The number of likely N-dealkylation sites (N-methyl/N-ethyl adjacent to an activating group) is 1. The van der Waals surface area contributed by atoms with Gasteiger partial charge in [0.25, 0.3) is 0 Å². The summed E-state index contributed by atoms with van der Waals surface area (Å²) in [6.07, 6.45) is 2.87. The Bertz CT molecular complexity index is 288.